The lowest BCUT2D eigenvalue weighted by Gasteiger charge is -2.13. The van der Waals surface area contributed by atoms with Crippen LogP contribution in [-0.2, 0) is 11.3 Å². The zero-order chi connectivity index (χ0) is 18.0. The van der Waals surface area contributed by atoms with E-state index >= 15 is 0 Å². The molecule has 1 aromatic heterocycles. The summed E-state index contributed by atoms with van der Waals surface area (Å²) >= 11 is 0. The molecule has 126 valence electrons. The number of fused-ring (bicyclic) bond motifs is 1. The monoisotopic (exact) mass is 333 g/mol. The zero-order valence-corrected chi connectivity index (χ0v) is 14.5. The van der Waals surface area contributed by atoms with Gasteiger partial charge in [0.25, 0.3) is 0 Å². The fraction of sp³-hybridized carbons (Fsp3) is 0.200. The minimum Gasteiger partial charge on any atom is -0.496 e. The van der Waals surface area contributed by atoms with Crippen LogP contribution in [0.15, 0.2) is 42.6 Å². The maximum Gasteiger partial charge on any atom is 0.244 e. The molecule has 0 aliphatic carbocycles. The van der Waals surface area contributed by atoms with Crippen molar-refractivity contribution in [1.29, 1.82) is 5.26 Å². The second kappa shape index (κ2) is 6.70. The van der Waals surface area contributed by atoms with Crippen LogP contribution in [0.25, 0.3) is 10.9 Å². The molecule has 0 aliphatic heterocycles. The number of hydrogen-bond acceptors (Lipinski definition) is 3. The number of nitrogens with one attached hydrogen (secondary N) is 1. The molecule has 0 unspecified atom stereocenters. The third-order valence-electron chi connectivity index (χ3n) is 4.24. The molecule has 0 saturated heterocycles. The number of hydrogen-bond donors (Lipinski definition) is 1. The fourth-order valence-corrected chi connectivity index (χ4v) is 2.96. The molecule has 0 atom stereocenters. The normalized spacial score (nSPS) is 10.5. The second-order valence-electron chi connectivity index (χ2n) is 5.98. The Kier molecular flexibility index (Phi) is 4.44. The summed E-state index contributed by atoms with van der Waals surface area (Å²) in [7, 11) is 1.63. The highest BCUT2D eigenvalue weighted by Crippen LogP contribution is 2.26. The molecule has 1 N–H and O–H groups in total. The predicted octanol–water partition coefficient (Wildman–Crippen LogP) is 3.78. The summed E-state index contributed by atoms with van der Waals surface area (Å²) in [6.07, 6.45) is 1.72. The van der Waals surface area contributed by atoms with Crippen molar-refractivity contribution in [3.63, 3.8) is 0 Å². The van der Waals surface area contributed by atoms with Crippen molar-refractivity contribution in [1.82, 2.24) is 4.57 Å². The van der Waals surface area contributed by atoms with E-state index in [1.54, 1.807) is 17.9 Å². The smallest absolute Gasteiger partial charge is 0.244 e. The standard InChI is InChI=1S/C20H19N3O2/c1-13-9-19(25-3)14(2)8-17(13)22-20(24)12-23-11-15(10-21)16-6-4-5-7-18(16)23/h4-9,11H,12H2,1-3H3,(H,22,24). The first-order valence-corrected chi connectivity index (χ1v) is 7.96. The first-order chi connectivity index (χ1) is 12.0. The van der Waals surface area contributed by atoms with Crippen LogP contribution in [0, 0.1) is 25.2 Å². The molecule has 0 bridgehead atoms. The molecule has 1 amide bonds. The number of ether oxygens (including phenoxy) is 1. The van der Waals surface area contributed by atoms with E-state index < -0.39 is 0 Å². The van der Waals surface area contributed by atoms with E-state index in [9.17, 15) is 10.1 Å². The zero-order valence-electron chi connectivity index (χ0n) is 14.5. The molecule has 25 heavy (non-hydrogen) atoms. The number of methoxy groups -OCH3 is 1. The lowest BCUT2D eigenvalue weighted by molar-refractivity contribution is -0.116. The Hall–Kier alpha value is -3.26. The first kappa shape index (κ1) is 16.6. The Morgan fingerprint density at radius 2 is 2.00 bits per heavy atom. The van der Waals surface area contributed by atoms with Gasteiger partial charge in [0, 0.05) is 22.8 Å². The number of carbonyl (C=O) groups is 1. The van der Waals surface area contributed by atoms with Crippen molar-refractivity contribution in [2.24, 2.45) is 0 Å². The molecular formula is C20H19N3O2. The Labute approximate surface area is 146 Å². The van der Waals surface area contributed by atoms with Gasteiger partial charge in [0.1, 0.15) is 18.4 Å². The molecule has 3 rings (SSSR count). The number of amides is 1. The fourth-order valence-electron chi connectivity index (χ4n) is 2.96. The van der Waals surface area contributed by atoms with Crippen LogP contribution in [0.5, 0.6) is 5.75 Å². The Balaban J connectivity index is 1.85. The highest BCUT2D eigenvalue weighted by molar-refractivity contribution is 5.94. The van der Waals surface area contributed by atoms with E-state index in [1.807, 2.05) is 50.2 Å². The molecule has 5 nitrogen and oxygen atoms in total. The molecule has 3 aromatic rings. The molecule has 0 saturated carbocycles. The summed E-state index contributed by atoms with van der Waals surface area (Å²) in [5.41, 5.74) is 4.10. The topological polar surface area (TPSA) is 67.0 Å². The number of nitriles is 1. The van der Waals surface area contributed by atoms with E-state index in [1.165, 1.54) is 0 Å². The van der Waals surface area contributed by atoms with Gasteiger partial charge in [-0.1, -0.05) is 18.2 Å². The molecule has 0 aliphatic rings. The van der Waals surface area contributed by atoms with Gasteiger partial charge < -0.3 is 14.6 Å². The molecule has 1 heterocycles. The predicted molar refractivity (Wildman–Crippen MR) is 97.8 cm³/mol. The van der Waals surface area contributed by atoms with Gasteiger partial charge in [-0.15, -0.1) is 0 Å². The summed E-state index contributed by atoms with van der Waals surface area (Å²) < 4.78 is 7.10. The Morgan fingerprint density at radius 1 is 1.24 bits per heavy atom. The lowest BCUT2D eigenvalue weighted by atomic mass is 10.1. The summed E-state index contributed by atoms with van der Waals surface area (Å²) in [5, 5.41) is 13.1. The molecule has 0 radical (unpaired) electrons. The van der Waals surface area contributed by atoms with E-state index in [0.29, 0.717) is 5.56 Å². The van der Waals surface area contributed by atoms with Crippen LogP contribution >= 0.6 is 0 Å². The third kappa shape index (κ3) is 3.20. The van der Waals surface area contributed by atoms with Crippen molar-refractivity contribution in [3.8, 4) is 11.8 Å². The van der Waals surface area contributed by atoms with Gasteiger partial charge in [-0.05, 0) is 43.2 Å². The number of carbonyl (C=O) groups excluding carboxylic acids is 1. The molecule has 2 aromatic carbocycles. The maximum absolute atomic E-state index is 12.5. The Morgan fingerprint density at radius 3 is 2.72 bits per heavy atom. The third-order valence-corrected chi connectivity index (χ3v) is 4.24. The summed E-state index contributed by atoms with van der Waals surface area (Å²) in [5.74, 6) is 0.656. The second-order valence-corrected chi connectivity index (χ2v) is 5.98. The van der Waals surface area contributed by atoms with E-state index in [4.69, 9.17) is 4.74 Å². The van der Waals surface area contributed by atoms with Gasteiger partial charge in [-0.2, -0.15) is 5.26 Å². The van der Waals surface area contributed by atoms with Crippen LogP contribution in [0.1, 0.15) is 16.7 Å². The van der Waals surface area contributed by atoms with Gasteiger partial charge >= 0.3 is 0 Å². The number of benzene rings is 2. The van der Waals surface area contributed by atoms with Crippen LogP contribution in [0.3, 0.4) is 0 Å². The van der Waals surface area contributed by atoms with Crippen molar-refractivity contribution < 1.29 is 9.53 Å². The van der Waals surface area contributed by atoms with Gasteiger partial charge in [0.15, 0.2) is 0 Å². The molecule has 0 spiro atoms. The van der Waals surface area contributed by atoms with Gasteiger partial charge in [-0.25, -0.2) is 0 Å². The van der Waals surface area contributed by atoms with E-state index in [0.717, 1.165) is 33.5 Å². The number of aromatic nitrogens is 1. The average Bonchev–Trinajstić information content (AvgIpc) is 2.95. The lowest BCUT2D eigenvalue weighted by Crippen LogP contribution is -2.19. The van der Waals surface area contributed by atoms with Gasteiger partial charge in [0.05, 0.1) is 12.7 Å². The van der Waals surface area contributed by atoms with Crippen LogP contribution in [0.2, 0.25) is 0 Å². The minimum atomic E-state index is -0.141. The summed E-state index contributed by atoms with van der Waals surface area (Å²) in [6, 6.07) is 13.6. The average molecular weight is 333 g/mol. The number of para-hydroxylation sites is 1. The van der Waals surface area contributed by atoms with Gasteiger partial charge in [0.2, 0.25) is 5.91 Å². The summed E-state index contributed by atoms with van der Waals surface area (Å²) in [6.45, 7) is 4.01. The number of aryl methyl sites for hydroxylation is 2. The molecule has 5 heteroatoms. The van der Waals surface area contributed by atoms with Crippen molar-refractivity contribution >= 4 is 22.5 Å². The van der Waals surface area contributed by atoms with Crippen LogP contribution in [-0.4, -0.2) is 17.6 Å². The number of anilines is 1. The number of rotatable bonds is 4. The molecule has 0 fully saturated rings. The minimum absolute atomic E-state index is 0.141. The van der Waals surface area contributed by atoms with Crippen LogP contribution < -0.4 is 10.1 Å². The summed E-state index contributed by atoms with van der Waals surface area (Å²) in [4.78, 5) is 12.5. The highest BCUT2D eigenvalue weighted by Gasteiger charge is 2.12. The SMILES string of the molecule is COc1cc(C)c(NC(=O)Cn2cc(C#N)c3ccccc32)cc1C. The van der Waals surface area contributed by atoms with Crippen molar-refractivity contribution in [2.75, 3.05) is 12.4 Å². The largest absolute Gasteiger partial charge is 0.496 e. The quantitative estimate of drug-likeness (QED) is 0.790. The highest BCUT2D eigenvalue weighted by atomic mass is 16.5. The van der Waals surface area contributed by atoms with Gasteiger partial charge in [-0.3, -0.25) is 4.79 Å². The maximum atomic E-state index is 12.5. The van der Waals surface area contributed by atoms with Crippen LogP contribution in [0.4, 0.5) is 5.69 Å². The number of nitrogens with zero attached hydrogens (tertiary/aromatic N) is 2. The van der Waals surface area contributed by atoms with E-state index in [-0.39, 0.29) is 12.5 Å². The van der Waals surface area contributed by atoms with Crippen molar-refractivity contribution in [3.05, 3.63) is 59.3 Å². The van der Waals surface area contributed by atoms with E-state index in [2.05, 4.69) is 11.4 Å². The first-order valence-electron chi connectivity index (χ1n) is 7.96. The van der Waals surface area contributed by atoms with Crippen molar-refractivity contribution in [2.45, 2.75) is 20.4 Å². The molecular weight excluding hydrogens is 314 g/mol. The Bertz CT molecular complexity index is 996.